The summed E-state index contributed by atoms with van der Waals surface area (Å²) in [7, 11) is 0. The van der Waals surface area contributed by atoms with Crippen LogP contribution in [-0.2, 0) is 9.53 Å². The van der Waals surface area contributed by atoms with E-state index in [1.54, 1.807) is 19.1 Å². The van der Waals surface area contributed by atoms with Gasteiger partial charge < -0.3 is 15.4 Å². The van der Waals surface area contributed by atoms with Crippen LogP contribution in [0.25, 0.3) is 0 Å². The van der Waals surface area contributed by atoms with E-state index >= 15 is 0 Å². The molecule has 1 heterocycles. The molecule has 1 saturated heterocycles. The second-order valence-electron chi connectivity index (χ2n) is 4.76. The van der Waals surface area contributed by atoms with Crippen molar-refractivity contribution < 1.29 is 14.5 Å². The van der Waals surface area contributed by atoms with E-state index in [2.05, 4.69) is 10.6 Å². The molecule has 0 spiro atoms. The zero-order valence-corrected chi connectivity index (χ0v) is 11.2. The molecule has 2 rings (SSSR count). The Morgan fingerprint density at radius 1 is 1.60 bits per heavy atom. The number of rotatable bonds is 4. The zero-order valence-electron chi connectivity index (χ0n) is 11.2. The summed E-state index contributed by atoms with van der Waals surface area (Å²) >= 11 is 0. The van der Waals surface area contributed by atoms with Crippen LogP contribution in [0, 0.1) is 17.0 Å². The molecule has 0 saturated carbocycles. The Morgan fingerprint density at radius 3 is 3.05 bits per heavy atom. The molecular weight excluding hydrogens is 262 g/mol. The summed E-state index contributed by atoms with van der Waals surface area (Å²) < 4.78 is 5.26. The number of amides is 1. The SMILES string of the molecule is Cc1ccc(NC(=O)CC2COCCN2)c([N+](=O)[O-])c1. The number of anilines is 1. The largest absolute Gasteiger partial charge is 0.378 e. The van der Waals surface area contributed by atoms with Crippen molar-refractivity contribution in [1.29, 1.82) is 0 Å². The van der Waals surface area contributed by atoms with Gasteiger partial charge in [-0.1, -0.05) is 6.07 Å². The summed E-state index contributed by atoms with van der Waals surface area (Å²) in [6.45, 7) is 3.59. The summed E-state index contributed by atoms with van der Waals surface area (Å²) in [5, 5.41) is 16.7. The number of carbonyl (C=O) groups excluding carboxylic acids is 1. The molecule has 1 unspecified atom stereocenters. The lowest BCUT2D eigenvalue weighted by Gasteiger charge is -2.23. The van der Waals surface area contributed by atoms with Gasteiger partial charge in [0, 0.05) is 25.1 Å². The Bertz CT molecular complexity index is 512. The lowest BCUT2D eigenvalue weighted by molar-refractivity contribution is -0.384. The molecule has 1 aliphatic rings. The molecule has 1 atom stereocenters. The highest BCUT2D eigenvalue weighted by atomic mass is 16.6. The third-order valence-corrected chi connectivity index (χ3v) is 3.05. The molecule has 7 heteroatoms. The van der Waals surface area contributed by atoms with Gasteiger partial charge in [-0.2, -0.15) is 0 Å². The van der Waals surface area contributed by atoms with Crippen LogP contribution in [0.5, 0.6) is 0 Å². The molecular formula is C13H17N3O4. The van der Waals surface area contributed by atoms with E-state index in [1.165, 1.54) is 6.07 Å². The highest BCUT2D eigenvalue weighted by Crippen LogP contribution is 2.25. The number of nitrogens with one attached hydrogen (secondary N) is 2. The fraction of sp³-hybridized carbons (Fsp3) is 0.462. The van der Waals surface area contributed by atoms with Crippen LogP contribution in [-0.4, -0.2) is 36.6 Å². The predicted octanol–water partition coefficient (Wildman–Crippen LogP) is 1.22. The molecule has 108 valence electrons. The summed E-state index contributed by atoms with van der Waals surface area (Å²) in [5.74, 6) is -0.264. The maximum atomic E-state index is 11.9. The minimum absolute atomic E-state index is 0.0479. The molecule has 0 aromatic heterocycles. The number of nitro benzene ring substituents is 1. The van der Waals surface area contributed by atoms with Crippen molar-refractivity contribution in [3.8, 4) is 0 Å². The first-order chi connectivity index (χ1) is 9.56. The summed E-state index contributed by atoms with van der Waals surface area (Å²) in [6.07, 6.45) is 0.227. The minimum atomic E-state index is -0.495. The second kappa shape index (κ2) is 6.44. The molecule has 1 aliphatic heterocycles. The van der Waals surface area contributed by atoms with Crippen molar-refractivity contribution in [3.05, 3.63) is 33.9 Å². The van der Waals surface area contributed by atoms with Crippen LogP contribution in [0.15, 0.2) is 18.2 Å². The maximum Gasteiger partial charge on any atom is 0.293 e. The number of aryl methyl sites for hydroxylation is 1. The van der Waals surface area contributed by atoms with Crippen molar-refractivity contribution in [2.24, 2.45) is 0 Å². The number of carbonyl (C=O) groups is 1. The molecule has 0 radical (unpaired) electrons. The van der Waals surface area contributed by atoms with Gasteiger partial charge in [-0.25, -0.2) is 0 Å². The number of morpholine rings is 1. The fourth-order valence-electron chi connectivity index (χ4n) is 2.07. The Hall–Kier alpha value is -1.99. The second-order valence-corrected chi connectivity index (χ2v) is 4.76. The van der Waals surface area contributed by atoms with Crippen LogP contribution in [0.2, 0.25) is 0 Å². The highest BCUT2D eigenvalue weighted by Gasteiger charge is 2.20. The number of ether oxygens (including phenoxy) is 1. The maximum absolute atomic E-state index is 11.9. The summed E-state index contributed by atoms with van der Waals surface area (Å²) in [5.41, 5.74) is 0.908. The van der Waals surface area contributed by atoms with Crippen LogP contribution < -0.4 is 10.6 Å². The van der Waals surface area contributed by atoms with E-state index in [0.717, 1.165) is 5.56 Å². The first kappa shape index (κ1) is 14.4. The van der Waals surface area contributed by atoms with Crippen LogP contribution in [0.4, 0.5) is 11.4 Å². The van der Waals surface area contributed by atoms with Gasteiger partial charge in [0.25, 0.3) is 5.69 Å². The quantitative estimate of drug-likeness (QED) is 0.638. The number of nitrogens with zero attached hydrogens (tertiary/aromatic N) is 1. The van der Waals surface area contributed by atoms with Crippen molar-refractivity contribution in [2.45, 2.75) is 19.4 Å². The third kappa shape index (κ3) is 3.75. The van der Waals surface area contributed by atoms with Gasteiger partial charge in [0.15, 0.2) is 0 Å². The number of nitro groups is 1. The normalized spacial score (nSPS) is 18.6. The number of hydrogen-bond donors (Lipinski definition) is 2. The van der Waals surface area contributed by atoms with Crippen LogP contribution >= 0.6 is 0 Å². The fourth-order valence-corrected chi connectivity index (χ4v) is 2.07. The molecule has 7 nitrogen and oxygen atoms in total. The van der Waals surface area contributed by atoms with Gasteiger partial charge in [0.05, 0.1) is 18.1 Å². The molecule has 1 aromatic rings. The lowest BCUT2D eigenvalue weighted by atomic mass is 10.1. The Morgan fingerprint density at radius 2 is 2.40 bits per heavy atom. The average molecular weight is 279 g/mol. The van der Waals surface area contributed by atoms with Crippen molar-refractivity contribution in [3.63, 3.8) is 0 Å². The van der Waals surface area contributed by atoms with E-state index in [1.807, 2.05) is 0 Å². The predicted molar refractivity (Wildman–Crippen MR) is 73.7 cm³/mol. The topological polar surface area (TPSA) is 93.5 Å². The number of hydrogen-bond acceptors (Lipinski definition) is 5. The minimum Gasteiger partial charge on any atom is -0.378 e. The first-order valence-corrected chi connectivity index (χ1v) is 6.42. The Balaban J connectivity index is 2.01. The standard InChI is InChI=1S/C13H17N3O4/c1-9-2-3-11(12(6-9)16(18)19)15-13(17)7-10-8-20-5-4-14-10/h2-3,6,10,14H,4-5,7-8H2,1H3,(H,15,17). The monoisotopic (exact) mass is 279 g/mol. The highest BCUT2D eigenvalue weighted by molar-refractivity contribution is 5.93. The van der Waals surface area contributed by atoms with E-state index < -0.39 is 4.92 Å². The number of benzene rings is 1. The average Bonchev–Trinajstić information content (AvgIpc) is 2.41. The van der Waals surface area contributed by atoms with E-state index in [-0.39, 0.29) is 29.7 Å². The van der Waals surface area contributed by atoms with E-state index in [9.17, 15) is 14.9 Å². The van der Waals surface area contributed by atoms with E-state index in [4.69, 9.17) is 4.74 Å². The molecule has 0 aliphatic carbocycles. The molecule has 1 fully saturated rings. The lowest BCUT2D eigenvalue weighted by Crippen LogP contribution is -2.43. The molecule has 0 bridgehead atoms. The van der Waals surface area contributed by atoms with Gasteiger partial charge >= 0.3 is 0 Å². The first-order valence-electron chi connectivity index (χ1n) is 6.42. The van der Waals surface area contributed by atoms with Crippen LogP contribution in [0.1, 0.15) is 12.0 Å². The van der Waals surface area contributed by atoms with Crippen molar-refractivity contribution in [2.75, 3.05) is 25.1 Å². The Labute approximate surface area is 116 Å². The Kier molecular flexibility index (Phi) is 4.65. The molecule has 20 heavy (non-hydrogen) atoms. The smallest absolute Gasteiger partial charge is 0.293 e. The molecule has 1 aromatic carbocycles. The van der Waals surface area contributed by atoms with Crippen LogP contribution in [0.3, 0.4) is 0 Å². The molecule has 2 N–H and O–H groups in total. The van der Waals surface area contributed by atoms with Gasteiger partial charge in [-0.15, -0.1) is 0 Å². The van der Waals surface area contributed by atoms with Gasteiger partial charge in [-0.3, -0.25) is 14.9 Å². The van der Waals surface area contributed by atoms with Gasteiger partial charge in [0.2, 0.25) is 5.91 Å². The van der Waals surface area contributed by atoms with Gasteiger partial charge in [0.1, 0.15) is 5.69 Å². The summed E-state index contributed by atoms with van der Waals surface area (Å²) in [6, 6.07) is 4.67. The van der Waals surface area contributed by atoms with Crippen molar-refractivity contribution in [1.82, 2.24) is 5.32 Å². The van der Waals surface area contributed by atoms with Crippen molar-refractivity contribution >= 4 is 17.3 Å². The zero-order chi connectivity index (χ0) is 14.5. The third-order valence-electron chi connectivity index (χ3n) is 3.05. The molecule has 1 amide bonds. The summed E-state index contributed by atoms with van der Waals surface area (Å²) in [4.78, 5) is 22.4. The van der Waals surface area contributed by atoms with Gasteiger partial charge in [-0.05, 0) is 18.6 Å². The van der Waals surface area contributed by atoms with E-state index in [0.29, 0.717) is 19.8 Å².